The van der Waals surface area contributed by atoms with Gasteiger partial charge in [-0.2, -0.15) is 0 Å². The molecule has 8 heteroatoms. The Morgan fingerprint density at radius 2 is 1.90 bits per heavy atom. The van der Waals surface area contributed by atoms with Crippen molar-refractivity contribution in [1.82, 2.24) is 20.5 Å². The van der Waals surface area contributed by atoms with Gasteiger partial charge < -0.3 is 20.9 Å². The summed E-state index contributed by atoms with van der Waals surface area (Å²) in [6.45, 7) is 0.617. The molecule has 0 bridgehead atoms. The van der Waals surface area contributed by atoms with E-state index in [0.29, 0.717) is 18.9 Å². The van der Waals surface area contributed by atoms with Crippen LogP contribution in [0.4, 0.5) is 10.6 Å². The van der Waals surface area contributed by atoms with Crippen LogP contribution in [0.5, 0.6) is 0 Å². The van der Waals surface area contributed by atoms with Gasteiger partial charge in [-0.3, -0.25) is 4.79 Å². The quantitative estimate of drug-likeness (QED) is 0.701. The summed E-state index contributed by atoms with van der Waals surface area (Å²) in [5.74, 6) is 0.173. The lowest BCUT2D eigenvalue weighted by Gasteiger charge is -2.12. The predicted molar refractivity (Wildman–Crippen MR) is 78.2 cm³/mol. The molecule has 1 heterocycles. The molecular weight excluding hydrogens is 282 g/mol. The molecule has 3 amide bonds. The van der Waals surface area contributed by atoms with Crippen molar-refractivity contribution < 1.29 is 9.59 Å². The Balaban J connectivity index is 2.49. The summed E-state index contributed by atoms with van der Waals surface area (Å²) in [6, 6.07) is 3.06. The maximum absolute atomic E-state index is 11.9. The maximum Gasteiger partial charge on any atom is 0.316 e. The standard InChI is InChI=1S/C12H18ClN5O2/c1-14-9-5-4-8(13)10(17-9)11(19)15-6-7-16-12(20)18(2)3/h4-5H,6-7H2,1-3H3,(H,14,17)(H,15,19)(H,16,20). The van der Waals surface area contributed by atoms with Gasteiger partial charge in [-0.1, -0.05) is 11.6 Å². The number of carbonyl (C=O) groups excluding carboxylic acids is 2. The average Bonchev–Trinajstić information content (AvgIpc) is 2.43. The minimum atomic E-state index is -0.383. The molecule has 0 unspecified atom stereocenters. The van der Waals surface area contributed by atoms with Gasteiger partial charge in [-0.05, 0) is 12.1 Å². The second-order valence-electron chi connectivity index (χ2n) is 4.16. The molecule has 0 saturated heterocycles. The van der Waals surface area contributed by atoms with E-state index in [0.717, 1.165) is 0 Å². The lowest BCUT2D eigenvalue weighted by molar-refractivity contribution is 0.0949. The third-order valence-corrected chi connectivity index (χ3v) is 2.72. The molecule has 20 heavy (non-hydrogen) atoms. The van der Waals surface area contributed by atoms with Crippen molar-refractivity contribution in [3.8, 4) is 0 Å². The van der Waals surface area contributed by atoms with Crippen LogP contribution in [0.25, 0.3) is 0 Å². The van der Waals surface area contributed by atoms with E-state index in [1.165, 1.54) is 4.90 Å². The van der Waals surface area contributed by atoms with Crippen LogP contribution < -0.4 is 16.0 Å². The normalized spacial score (nSPS) is 9.80. The average molecular weight is 300 g/mol. The Kier molecular flexibility index (Phi) is 6.05. The third kappa shape index (κ3) is 4.58. The highest BCUT2D eigenvalue weighted by atomic mass is 35.5. The molecule has 7 nitrogen and oxygen atoms in total. The van der Waals surface area contributed by atoms with Gasteiger partial charge in [-0.15, -0.1) is 0 Å². The highest BCUT2D eigenvalue weighted by Crippen LogP contribution is 2.16. The molecule has 1 aromatic rings. The van der Waals surface area contributed by atoms with Crippen LogP contribution in [0.15, 0.2) is 12.1 Å². The zero-order valence-corrected chi connectivity index (χ0v) is 12.4. The first kappa shape index (κ1) is 16.0. The number of rotatable bonds is 5. The number of pyridine rings is 1. The largest absolute Gasteiger partial charge is 0.373 e. The van der Waals surface area contributed by atoms with Crippen LogP contribution in [-0.2, 0) is 0 Å². The van der Waals surface area contributed by atoms with E-state index < -0.39 is 0 Å². The summed E-state index contributed by atoms with van der Waals surface area (Å²) in [5.41, 5.74) is 0.150. The van der Waals surface area contributed by atoms with Crippen molar-refractivity contribution in [2.24, 2.45) is 0 Å². The third-order valence-electron chi connectivity index (χ3n) is 2.41. The first-order valence-electron chi connectivity index (χ1n) is 6.03. The number of amides is 3. The Bertz CT molecular complexity index is 493. The SMILES string of the molecule is CNc1ccc(Cl)c(C(=O)NCCNC(=O)N(C)C)n1. The fourth-order valence-corrected chi connectivity index (χ4v) is 1.52. The highest BCUT2D eigenvalue weighted by molar-refractivity contribution is 6.33. The van der Waals surface area contributed by atoms with Gasteiger partial charge in [-0.25, -0.2) is 9.78 Å². The van der Waals surface area contributed by atoms with E-state index in [-0.39, 0.29) is 22.7 Å². The van der Waals surface area contributed by atoms with Crippen molar-refractivity contribution in [3.05, 3.63) is 22.8 Å². The molecule has 3 N–H and O–H groups in total. The smallest absolute Gasteiger partial charge is 0.316 e. The van der Waals surface area contributed by atoms with Crippen LogP contribution >= 0.6 is 11.6 Å². The van der Waals surface area contributed by atoms with E-state index >= 15 is 0 Å². The molecule has 0 radical (unpaired) electrons. The summed E-state index contributed by atoms with van der Waals surface area (Å²) >= 11 is 5.93. The van der Waals surface area contributed by atoms with Crippen molar-refractivity contribution in [2.75, 3.05) is 39.5 Å². The Morgan fingerprint density at radius 3 is 2.50 bits per heavy atom. The maximum atomic E-state index is 11.9. The zero-order valence-electron chi connectivity index (χ0n) is 11.7. The van der Waals surface area contributed by atoms with Crippen molar-refractivity contribution in [1.29, 1.82) is 0 Å². The van der Waals surface area contributed by atoms with Gasteiger partial charge in [0.25, 0.3) is 5.91 Å². The van der Waals surface area contributed by atoms with Gasteiger partial charge in [0.05, 0.1) is 5.02 Å². The van der Waals surface area contributed by atoms with Crippen molar-refractivity contribution in [3.63, 3.8) is 0 Å². The predicted octanol–water partition coefficient (Wildman–Crippen LogP) is 0.778. The molecule has 1 aromatic heterocycles. The summed E-state index contributed by atoms with van der Waals surface area (Å²) < 4.78 is 0. The number of anilines is 1. The zero-order chi connectivity index (χ0) is 15.1. The molecule has 0 aromatic carbocycles. The van der Waals surface area contributed by atoms with E-state index in [9.17, 15) is 9.59 Å². The highest BCUT2D eigenvalue weighted by Gasteiger charge is 2.12. The van der Waals surface area contributed by atoms with E-state index in [1.54, 1.807) is 33.3 Å². The van der Waals surface area contributed by atoms with Gasteiger partial charge >= 0.3 is 6.03 Å². The summed E-state index contributed by atoms with van der Waals surface area (Å²) in [5, 5.41) is 8.38. The molecule has 0 aliphatic heterocycles. The van der Waals surface area contributed by atoms with Crippen molar-refractivity contribution >= 4 is 29.4 Å². The molecule has 0 fully saturated rings. The Labute approximate surface area is 122 Å². The molecule has 0 aliphatic carbocycles. The fraction of sp³-hybridized carbons (Fsp3) is 0.417. The summed E-state index contributed by atoms with van der Waals surface area (Å²) in [4.78, 5) is 28.7. The fourth-order valence-electron chi connectivity index (χ4n) is 1.33. The Morgan fingerprint density at radius 1 is 1.25 bits per heavy atom. The minimum absolute atomic E-state index is 0.150. The van der Waals surface area contributed by atoms with E-state index in [2.05, 4.69) is 20.9 Å². The number of urea groups is 1. The molecular formula is C12H18ClN5O2. The summed E-state index contributed by atoms with van der Waals surface area (Å²) in [6.07, 6.45) is 0. The van der Waals surface area contributed by atoms with Gasteiger partial charge in [0.15, 0.2) is 0 Å². The van der Waals surface area contributed by atoms with Gasteiger partial charge in [0.1, 0.15) is 11.5 Å². The van der Waals surface area contributed by atoms with E-state index in [1.807, 2.05) is 0 Å². The molecule has 1 rings (SSSR count). The molecule has 0 spiro atoms. The number of halogens is 1. The van der Waals surface area contributed by atoms with Gasteiger partial charge in [0.2, 0.25) is 0 Å². The molecule has 0 aliphatic rings. The van der Waals surface area contributed by atoms with E-state index in [4.69, 9.17) is 11.6 Å². The first-order valence-corrected chi connectivity index (χ1v) is 6.41. The Hall–Kier alpha value is -2.02. The number of nitrogens with zero attached hydrogens (tertiary/aromatic N) is 2. The van der Waals surface area contributed by atoms with Crippen molar-refractivity contribution in [2.45, 2.75) is 0 Å². The lowest BCUT2D eigenvalue weighted by atomic mass is 10.3. The van der Waals surface area contributed by atoms with Crippen LogP contribution in [0.3, 0.4) is 0 Å². The lowest BCUT2D eigenvalue weighted by Crippen LogP contribution is -2.39. The molecule has 0 atom stereocenters. The molecule has 0 saturated carbocycles. The van der Waals surface area contributed by atoms with Gasteiger partial charge in [0, 0.05) is 34.2 Å². The first-order chi connectivity index (χ1) is 9.45. The van der Waals surface area contributed by atoms with Crippen LogP contribution in [0.2, 0.25) is 5.02 Å². The van der Waals surface area contributed by atoms with Crippen LogP contribution in [-0.4, -0.2) is 56.1 Å². The number of nitrogens with one attached hydrogen (secondary N) is 3. The number of aromatic nitrogens is 1. The number of hydrogen-bond acceptors (Lipinski definition) is 4. The minimum Gasteiger partial charge on any atom is -0.373 e. The monoisotopic (exact) mass is 299 g/mol. The second-order valence-corrected chi connectivity index (χ2v) is 4.57. The number of hydrogen-bond donors (Lipinski definition) is 3. The summed E-state index contributed by atoms with van der Waals surface area (Å²) in [7, 11) is 4.98. The topological polar surface area (TPSA) is 86.4 Å². The second kappa shape index (κ2) is 7.54. The van der Waals surface area contributed by atoms with Crippen LogP contribution in [0.1, 0.15) is 10.5 Å². The number of carbonyl (C=O) groups is 2. The molecule has 110 valence electrons. The van der Waals surface area contributed by atoms with Crippen LogP contribution in [0, 0.1) is 0 Å².